The van der Waals surface area contributed by atoms with Crippen LogP contribution in [-0.4, -0.2) is 22.0 Å². The van der Waals surface area contributed by atoms with Gasteiger partial charge in [0.05, 0.1) is 16.4 Å². The van der Waals surface area contributed by atoms with Gasteiger partial charge in [0.25, 0.3) is 0 Å². The van der Waals surface area contributed by atoms with Crippen molar-refractivity contribution < 1.29 is 9.18 Å². The number of aryl methyl sites for hydroxylation is 1. The fraction of sp³-hybridized carbons (Fsp3) is 0.429. The summed E-state index contributed by atoms with van der Waals surface area (Å²) in [6.07, 6.45) is 0.341. The Kier molecular flexibility index (Phi) is 4.60. The van der Waals surface area contributed by atoms with Crippen LogP contribution in [0.15, 0.2) is 18.2 Å². The van der Waals surface area contributed by atoms with Gasteiger partial charge in [-0.05, 0) is 26.0 Å². The molecule has 0 spiro atoms. The minimum absolute atomic E-state index is 0.0235. The molecule has 1 amide bonds. The normalized spacial score (nSPS) is 12.6. The SMILES string of the molecule is CCNC(=O)CCn1c(C(C)Cl)nc2cc(F)ccc21. The molecule has 2 aromatic rings. The molecule has 0 fully saturated rings. The standard InChI is InChI=1S/C14H17ClFN3O/c1-3-17-13(20)6-7-19-12-5-4-10(16)8-11(12)18-14(19)9(2)15/h4-5,8-9H,3,6-7H2,1-2H3,(H,17,20). The van der Waals surface area contributed by atoms with E-state index in [1.54, 1.807) is 6.07 Å². The van der Waals surface area contributed by atoms with Crippen molar-refractivity contribution in [3.8, 4) is 0 Å². The summed E-state index contributed by atoms with van der Waals surface area (Å²) in [7, 11) is 0. The van der Waals surface area contributed by atoms with Gasteiger partial charge in [0, 0.05) is 25.6 Å². The number of aromatic nitrogens is 2. The van der Waals surface area contributed by atoms with Gasteiger partial charge in [-0.3, -0.25) is 4.79 Å². The summed E-state index contributed by atoms with van der Waals surface area (Å²) in [4.78, 5) is 15.9. The van der Waals surface area contributed by atoms with Crippen LogP contribution in [0.25, 0.3) is 11.0 Å². The number of imidazole rings is 1. The van der Waals surface area contributed by atoms with Crippen molar-refractivity contribution in [2.75, 3.05) is 6.54 Å². The third-order valence-corrected chi connectivity index (χ3v) is 3.23. The van der Waals surface area contributed by atoms with E-state index in [4.69, 9.17) is 11.6 Å². The second kappa shape index (κ2) is 6.22. The first-order chi connectivity index (χ1) is 9.52. The number of fused-ring (bicyclic) bond motifs is 1. The van der Waals surface area contributed by atoms with Crippen molar-refractivity contribution >= 4 is 28.5 Å². The van der Waals surface area contributed by atoms with E-state index < -0.39 is 0 Å². The molecule has 0 aliphatic carbocycles. The Morgan fingerprint density at radius 1 is 1.55 bits per heavy atom. The molecule has 1 heterocycles. The van der Waals surface area contributed by atoms with E-state index in [0.29, 0.717) is 30.9 Å². The lowest BCUT2D eigenvalue weighted by Gasteiger charge is -2.10. The van der Waals surface area contributed by atoms with Crippen LogP contribution >= 0.6 is 11.6 Å². The molecule has 0 saturated carbocycles. The van der Waals surface area contributed by atoms with E-state index in [0.717, 1.165) is 5.52 Å². The topological polar surface area (TPSA) is 46.9 Å². The Balaban J connectivity index is 2.34. The predicted molar refractivity (Wildman–Crippen MR) is 77.3 cm³/mol. The van der Waals surface area contributed by atoms with Crippen LogP contribution in [-0.2, 0) is 11.3 Å². The summed E-state index contributed by atoms with van der Waals surface area (Å²) in [5.41, 5.74) is 1.35. The number of amides is 1. The lowest BCUT2D eigenvalue weighted by Crippen LogP contribution is -2.24. The maximum absolute atomic E-state index is 13.2. The lowest BCUT2D eigenvalue weighted by atomic mass is 10.3. The monoisotopic (exact) mass is 297 g/mol. The zero-order valence-corrected chi connectivity index (χ0v) is 12.2. The molecule has 1 aromatic carbocycles. The molecular formula is C14H17ClFN3O. The molecule has 0 radical (unpaired) electrons. The number of carbonyl (C=O) groups is 1. The van der Waals surface area contributed by atoms with Gasteiger partial charge in [0.2, 0.25) is 5.91 Å². The Morgan fingerprint density at radius 2 is 2.30 bits per heavy atom. The van der Waals surface area contributed by atoms with Crippen molar-refractivity contribution in [3.05, 3.63) is 29.8 Å². The van der Waals surface area contributed by atoms with Gasteiger partial charge in [-0.1, -0.05) is 0 Å². The van der Waals surface area contributed by atoms with Crippen LogP contribution in [0.2, 0.25) is 0 Å². The van der Waals surface area contributed by atoms with Gasteiger partial charge < -0.3 is 9.88 Å². The zero-order valence-electron chi connectivity index (χ0n) is 11.5. The number of hydrogen-bond acceptors (Lipinski definition) is 2. The van der Waals surface area contributed by atoms with Crippen LogP contribution in [0.1, 0.15) is 31.5 Å². The van der Waals surface area contributed by atoms with E-state index in [-0.39, 0.29) is 17.1 Å². The van der Waals surface area contributed by atoms with Gasteiger partial charge in [0.1, 0.15) is 11.6 Å². The number of benzene rings is 1. The average Bonchev–Trinajstić information content (AvgIpc) is 2.74. The number of nitrogens with one attached hydrogen (secondary N) is 1. The van der Waals surface area contributed by atoms with Crippen molar-refractivity contribution in [2.45, 2.75) is 32.2 Å². The highest BCUT2D eigenvalue weighted by atomic mass is 35.5. The van der Waals surface area contributed by atoms with E-state index in [1.165, 1.54) is 12.1 Å². The van der Waals surface area contributed by atoms with Crippen molar-refractivity contribution in [2.24, 2.45) is 0 Å². The third-order valence-electron chi connectivity index (χ3n) is 3.03. The zero-order chi connectivity index (χ0) is 14.7. The third kappa shape index (κ3) is 3.10. The van der Waals surface area contributed by atoms with Crippen LogP contribution < -0.4 is 5.32 Å². The quantitative estimate of drug-likeness (QED) is 0.862. The minimum Gasteiger partial charge on any atom is -0.356 e. The largest absolute Gasteiger partial charge is 0.356 e. The summed E-state index contributed by atoms with van der Waals surface area (Å²) in [6.45, 7) is 4.76. The molecule has 0 aliphatic rings. The molecule has 20 heavy (non-hydrogen) atoms. The maximum Gasteiger partial charge on any atom is 0.221 e. The van der Waals surface area contributed by atoms with Gasteiger partial charge in [-0.25, -0.2) is 9.37 Å². The summed E-state index contributed by atoms with van der Waals surface area (Å²) < 4.78 is 15.1. The van der Waals surface area contributed by atoms with Gasteiger partial charge in [-0.2, -0.15) is 0 Å². The highest BCUT2D eigenvalue weighted by Crippen LogP contribution is 2.25. The lowest BCUT2D eigenvalue weighted by molar-refractivity contribution is -0.121. The maximum atomic E-state index is 13.2. The second-order valence-electron chi connectivity index (χ2n) is 4.57. The smallest absolute Gasteiger partial charge is 0.221 e. The summed E-state index contributed by atoms with van der Waals surface area (Å²) in [5.74, 6) is 0.292. The highest BCUT2D eigenvalue weighted by molar-refractivity contribution is 6.20. The van der Waals surface area contributed by atoms with E-state index in [1.807, 2.05) is 18.4 Å². The first kappa shape index (κ1) is 14.8. The van der Waals surface area contributed by atoms with Gasteiger partial charge >= 0.3 is 0 Å². The van der Waals surface area contributed by atoms with Crippen molar-refractivity contribution in [1.29, 1.82) is 0 Å². The minimum atomic E-state index is -0.334. The fourth-order valence-corrected chi connectivity index (χ4v) is 2.33. The van der Waals surface area contributed by atoms with Crippen LogP contribution in [0, 0.1) is 5.82 Å². The van der Waals surface area contributed by atoms with Gasteiger partial charge in [0.15, 0.2) is 0 Å². The molecule has 4 nitrogen and oxygen atoms in total. The summed E-state index contributed by atoms with van der Waals surface area (Å²) >= 11 is 6.12. The number of hydrogen-bond donors (Lipinski definition) is 1. The molecule has 1 N–H and O–H groups in total. The highest BCUT2D eigenvalue weighted by Gasteiger charge is 2.16. The summed E-state index contributed by atoms with van der Waals surface area (Å²) in [6, 6.07) is 4.42. The predicted octanol–water partition coefficient (Wildman–Crippen LogP) is 3.00. The Hall–Kier alpha value is -1.62. The first-order valence-electron chi connectivity index (χ1n) is 6.59. The van der Waals surface area contributed by atoms with Gasteiger partial charge in [-0.15, -0.1) is 11.6 Å². The Morgan fingerprint density at radius 3 is 2.95 bits per heavy atom. The van der Waals surface area contributed by atoms with E-state index >= 15 is 0 Å². The molecule has 1 aromatic heterocycles. The summed E-state index contributed by atoms with van der Waals surface area (Å²) in [5, 5.41) is 2.44. The molecule has 1 unspecified atom stereocenters. The molecule has 1 atom stereocenters. The Bertz CT molecular complexity index is 624. The molecule has 6 heteroatoms. The first-order valence-corrected chi connectivity index (χ1v) is 7.03. The number of halogens is 2. The van der Waals surface area contributed by atoms with Crippen LogP contribution in [0.5, 0.6) is 0 Å². The fourth-order valence-electron chi connectivity index (χ4n) is 2.16. The van der Waals surface area contributed by atoms with Crippen molar-refractivity contribution in [1.82, 2.24) is 14.9 Å². The van der Waals surface area contributed by atoms with Crippen LogP contribution in [0.4, 0.5) is 4.39 Å². The number of alkyl halides is 1. The molecular weight excluding hydrogens is 281 g/mol. The van der Waals surface area contributed by atoms with Crippen molar-refractivity contribution in [3.63, 3.8) is 0 Å². The molecule has 0 bridgehead atoms. The number of nitrogens with zero attached hydrogens (tertiary/aromatic N) is 2. The van der Waals surface area contributed by atoms with Crippen LogP contribution in [0.3, 0.4) is 0 Å². The molecule has 2 rings (SSSR count). The molecule has 0 saturated heterocycles. The number of rotatable bonds is 5. The molecule has 0 aliphatic heterocycles. The second-order valence-corrected chi connectivity index (χ2v) is 5.23. The van der Waals surface area contributed by atoms with E-state index in [2.05, 4.69) is 10.3 Å². The Labute approximate surface area is 121 Å². The average molecular weight is 298 g/mol. The van der Waals surface area contributed by atoms with E-state index in [9.17, 15) is 9.18 Å². The molecule has 108 valence electrons. The number of carbonyl (C=O) groups excluding carboxylic acids is 1.